The molecule has 1 fully saturated rings. The van der Waals surface area contributed by atoms with Gasteiger partial charge in [-0.05, 0) is 17.2 Å². The van der Waals surface area contributed by atoms with Gasteiger partial charge in [-0.25, -0.2) is 0 Å². The minimum absolute atomic E-state index is 0.148. The Morgan fingerprint density at radius 3 is 2.52 bits per heavy atom. The van der Waals surface area contributed by atoms with Crippen molar-refractivity contribution in [1.82, 2.24) is 5.32 Å². The van der Waals surface area contributed by atoms with Crippen molar-refractivity contribution in [1.29, 1.82) is 0 Å². The average Bonchev–Trinajstić information content (AvgIpc) is 2.99. The third-order valence-corrected chi connectivity index (χ3v) is 4.29. The number of hydrogen-bond acceptors (Lipinski definition) is 3. The fourth-order valence-corrected chi connectivity index (χ4v) is 3.37. The molecule has 4 heteroatoms. The number of cyclic esters (lactones) is 1. The molecule has 2 heterocycles. The second-order valence-corrected chi connectivity index (χ2v) is 5.42. The van der Waals surface area contributed by atoms with E-state index in [1.807, 2.05) is 48.5 Å². The van der Waals surface area contributed by atoms with Crippen LogP contribution in [0.1, 0.15) is 27.4 Å². The number of nitrogens with one attached hydrogen (secondary N) is 1. The van der Waals surface area contributed by atoms with Crippen molar-refractivity contribution in [3.8, 4) is 0 Å². The van der Waals surface area contributed by atoms with Crippen LogP contribution in [0.3, 0.4) is 0 Å². The summed E-state index contributed by atoms with van der Waals surface area (Å²) in [5.41, 5.74) is 1.54. The molecule has 0 aliphatic carbocycles. The number of fused-ring (bicyclic) bond motifs is 2. The van der Waals surface area contributed by atoms with Crippen molar-refractivity contribution in [3.63, 3.8) is 0 Å². The maximum absolute atomic E-state index is 12.3. The summed E-state index contributed by atoms with van der Waals surface area (Å²) >= 11 is 0. The molecule has 2 unspecified atom stereocenters. The molecule has 21 heavy (non-hydrogen) atoms. The average molecular weight is 279 g/mol. The normalized spacial score (nSPS) is 26.6. The summed E-state index contributed by atoms with van der Waals surface area (Å²) in [6.45, 7) is 0.175. The van der Waals surface area contributed by atoms with E-state index in [-0.39, 0.29) is 18.5 Å². The molecule has 2 aliphatic heterocycles. The highest BCUT2D eigenvalue weighted by molar-refractivity contribution is 6.02. The lowest BCUT2D eigenvalue weighted by molar-refractivity contribution is -0.139. The standard InChI is InChI=1S/C17H13NO3/c19-15-12-8-4-5-9-13(12)17(18-15)10-21-16(20)14(17)11-6-2-1-3-7-11/h1-9,14H,10H2,(H,18,19). The zero-order chi connectivity index (χ0) is 14.4. The predicted molar refractivity (Wildman–Crippen MR) is 75.7 cm³/mol. The van der Waals surface area contributed by atoms with Gasteiger partial charge in [-0.15, -0.1) is 0 Å². The second kappa shape index (κ2) is 4.19. The van der Waals surface area contributed by atoms with Gasteiger partial charge in [-0.3, -0.25) is 9.59 Å². The van der Waals surface area contributed by atoms with E-state index < -0.39 is 11.5 Å². The summed E-state index contributed by atoms with van der Waals surface area (Å²) in [5, 5.41) is 2.99. The summed E-state index contributed by atoms with van der Waals surface area (Å²) in [5.74, 6) is -0.950. The summed E-state index contributed by atoms with van der Waals surface area (Å²) in [4.78, 5) is 24.5. The number of hydrogen-bond donors (Lipinski definition) is 1. The van der Waals surface area contributed by atoms with Gasteiger partial charge in [0.2, 0.25) is 0 Å². The first-order valence-corrected chi connectivity index (χ1v) is 6.86. The first kappa shape index (κ1) is 12.1. The molecule has 2 aromatic rings. The van der Waals surface area contributed by atoms with Crippen molar-refractivity contribution in [2.75, 3.05) is 6.61 Å². The highest BCUT2D eigenvalue weighted by Gasteiger charge is 2.57. The summed E-state index contributed by atoms with van der Waals surface area (Å²) in [6.07, 6.45) is 0. The Balaban J connectivity index is 1.92. The number of esters is 1. The van der Waals surface area contributed by atoms with Crippen LogP contribution in [-0.4, -0.2) is 18.5 Å². The van der Waals surface area contributed by atoms with Crippen LogP contribution >= 0.6 is 0 Å². The van der Waals surface area contributed by atoms with Crippen molar-refractivity contribution in [2.45, 2.75) is 11.5 Å². The van der Waals surface area contributed by atoms with Crippen LogP contribution in [0.2, 0.25) is 0 Å². The van der Waals surface area contributed by atoms with Crippen LogP contribution < -0.4 is 5.32 Å². The molecule has 1 saturated heterocycles. The van der Waals surface area contributed by atoms with Crippen molar-refractivity contribution in [3.05, 3.63) is 71.3 Å². The molecule has 2 aromatic carbocycles. The van der Waals surface area contributed by atoms with Gasteiger partial charge < -0.3 is 10.1 Å². The molecule has 4 nitrogen and oxygen atoms in total. The molecule has 1 amide bonds. The Labute approximate surface area is 121 Å². The van der Waals surface area contributed by atoms with Gasteiger partial charge in [0, 0.05) is 5.56 Å². The highest BCUT2D eigenvalue weighted by Crippen LogP contribution is 2.46. The summed E-state index contributed by atoms with van der Waals surface area (Å²) in [6, 6.07) is 16.8. The zero-order valence-corrected chi connectivity index (χ0v) is 11.2. The molecule has 4 rings (SSSR count). The van der Waals surface area contributed by atoms with Gasteiger partial charge in [0.15, 0.2) is 0 Å². The third-order valence-electron chi connectivity index (χ3n) is 4.29. The number of carbonyl (C=O) groups excluding carboxylic acids is 2. The van der Waals surface area contributed by atoms with Crippen LogP contribution in [0.5, 0.6) is 0 Å². The maximum atomic E-state index is 12.3. The fourth-order valence-electron chi connectivity index (χ4n) is 3.37. The lowest BCUT2D eigenvalue weighted by Crippen LogP contribution is -2.45. The monoisotopic (exact) mass is 279 g/mol. The van der Waals surface area contributed by atoms with E-state index in [9.17, 15) is 9.59 Å². The number of amides is 1. The summed E-state index contributed by atoms with van der Waals surface area (Å²) < 4.78 is 5.31. The van der Waals surface area contributed by atoms with Crippen LogP contribution in [0.25, 0.3) is 0 Å². The Hall–Kier alpha value is -2.62. The van der Waals surface area contributed by atoms with E-state index in [1.165, 1.54) is 0 Å². The first-order chi connectivity index (χ1) is 10.2. The lowest BCUT2D eigenvalue weighted by atomic mass is 9.77. The molecular formula is C17H13NO3. The second-order valence-electron chi connectivity index (χ2n) is 5.42. The molecule has 104 valence electrons. The molecule has 0 bridgehead atoms. The summed E-state index contributed by atoms with van der Waals surface area (Å²) in [7, 11) is 0. The Bertz CT molecular complexity index is 741. The third kappa shape index (κ3) is 1.56. The van der Waals surface area contributed by atoms with Gasteiger partial charge in [0.1, 0.15) is 18.1 Å². The number of ether oxygens (including phenoxy) is 1. The first-order valence-electron chi connectivity index (χ1n) is 6.86. The van der Waals surface area contributed by atoms with E-state index in [4.69, 9.17) is 4.74 Å². The minimum Gasteiger partial charge on any atom is -0.462 e. The molecule has 0 aromatic heterocycles. The molecular weight excluding hydrogens is 266 g/mol. The molecule has 2 aliphatic rings. The largest absolute Gasteiger partial charge is 0.462 e. The van der Waals surface area contributed by atoms with E-state index in [2.05, 4.69) is 5.32 Å². The molecule has 0 saturated carbocycles. The van der Waals surface area contributed by atoms with Crippen molar-refractivity contribution < 1.29 is 14.3 Å². The SMILES string of the molecule is O=C1NC2(COC(=O)C2c2ccccc2)c2ccccc21. The smallest absolute Gasteiger partial charge is 0.316 e. The van der Waals surface area contributed by atoms with E-state index in [0.29, 0.717) is 5.56 Å². The Morgan fingerprint density at radius 2 is 1.71 bits per heavy atom. The Kier molecular flexibility index (Phi) is 2.42. The molecule has 2 atom stereocenters. The van der Waals surface area contributed by atoms with E-state index >= 15 is 0 Å². The molecule has 0 radical (unpaired) electrons. The van der Waals surface area contributed by atoms with E-state index in [0.717, 1.165) is 11.1 Å². The zero-order valence-electron chi connectivity index (χ0n) is 11.2. The van der Waals surface area contributed by atoms with Gasteiger partial charge >= 0.3 is 5.97 Å². The molecule has 1 N–H and O–H groups in total. The van der Waals surface area contributed by atoms with Gasteiger partial charge in [0.25, 0.3) is 5.91 Å². The highest BCUT2D eigenvalue weighted by atomic mass is 16.5. The Morgan fingerprint density at radius 1 is 1.00 bits per heavy atom. The van der Waals surface area contributed by atoms with Crippen LogP contribution in [0.15, 0.2) is 54.6 Å². The van der Waals surface area contributed by atoms with Crippen LogP contribution in [-0.2, 0) is 15.1 Å². The fraction of sp³-hybridized carbons (Fsp3) is 0.176. The minimum atomic E-state index is -0.786. The number of carbonyl (C=O) groups is 2. The maximum Gasteiger partial charge on any atom is 0.316 e. The van der Waals surface area contributed by atoms with Gasteiger partial charge in [-0.2, -0.15) is 0 Å². The van der Waals surface area contributed by atoms with Gasteiger partial charge in [-0.1, -0.05) is 48.5 Å². The van der Waals surface area contributed by atoms with Crippen LogP contribution in [0.4, 0.5) is 0 Å². The van der Waals surface area contributed by atoms with E-state index in [1.54, 1.807) is 6.07 Å². The van der Waals surface area contributed by atoms with Crippen LogP contribution in [0, 0.1) is 0 Å². The van der Waals surface area contributed by atoms with Gasteiger partial charge in [0.05, 0.1) is 0 Å². The van der Waals surface area contributed by atoms with Crippen molar-refractivity contribution >= 4 is 11.9 Å². The molecule has 1 spiro atoms. The predicted octanol–water partition coefficient (Wildman–Crippen LogP) is 1.97. The lowest BCUT2D eigenvalue weighted by Gasteiger charge is -2.28. The quantitative estimate of drug-likeness (QED) is 0.812. The number of benzene rings is 2. The number of rotatable bonds is 1. The van der Waals surface area contributed by atoms with Crippen molar-refractivity contribution in [2.24, 2.45) is 0 Å². The topological polar surface area (TPSA) is 55.4 Å².